The van der Waals surface area contributed by atoms with E-state index in [-0.39, 0.29) is 5.97 Å². The molecule has 0 heterocycles. The molecule has 3 heteroatoms. The van der Waals surface area contributed by atoms with Crippen molar-refractivity contribution in [3.8, 4) is 0 Å². The fourth-order valence-electron chi connectivity index (χ4n) is 0.496. The van der Waals surface area contributed by atoms with Gasteiger partial charge in [-0.25, -0.2) is 0 Å². The van der Waals surface area contributed by atoms with Crippen LogP contribution in [0.3, 0.4) is 0 Å². The van der Waals surface area contributed by atoms with Crippen LogP contribution in [0.15, 0.2) is 12.2 Å². The number of hydrogen-bond acceptors (Lipinski definition) is 2. The predicted octanol–water partition coefficient (Wildman–Crippen LogP) is 2.08. The van der Waals surface area contributed by atoms with Crippen LogP contribution >= 0.6 is 11.6 Å². The van der Waals surface area contributed by atoms with Crippen molar-refractivity contribution in [3.05, 3.63) is 12.2 Å². The fourth-order valence-corrected chi connectivity index (χ4v) is 0.885. The van der Waals surface area contributed by atoms with Crippen LogP contribution in [0.5, 0.6) is 0 Å². The smallest absolute Gasteiger partial charge is 0.304 e. The molecule has 2 nitrogen and oxygen atoms in total. The van der Waals surface area contributed by atoms with Crippen LogP contribution in [0.4, 0.5) is 0 Å². The van der Waals surface area contributed by atoms with E-state index in [4.69, 9.17) is 11.6 Å². The highest BCUT2D eigenvalue weighted by Gasteiger charge is 2.06. The van der Waals surface area contributed by atoms with Gasteiger partial charge in [0.05, 0.1) is 0 Å². The molecule has 0 rings (SSSR count). The first kappa shape index (κ1) is 9.50. The molecule has 0 saturated heterocycles. The van der Waals surface area contributed by atoms with E-state index < -0.39 is 5.56 Å². The summed E-state index contributed by atoms with van der Waals surface area (Å²) in [5.74, 6) is -0.360. The van der Waals surface area contributed by atoms with Crippen molar-refractivity contribution >= 4 is 17.6 Å². The van der Waals surface area contributed by atoms with Crippen molar-refractivity contribution in [2.45, 2.75) is 25.8 Å². The first-order chi connectivity index (χ1) is 4.52. The highest BCUT2D eigenvalue weighted by molar-refractivity contribution is 6.20. The number of carbonyl (C=O) groups excluding carboxylic acids is 1. The van der Waals surface area contributed by atoms with E-state index in [1.165, 1.54) is 6.92 Å². The minimum atomic E-state index is -0.560. The Morgan fingerprint density at radius 2 is 2.20 bits per heavy atom. The third-order valence-electron chi connectivity index (χ3n) is 0.803. The van der Waals surface area contributed by atoms with Crippen LogP contribution in [-0.4, -0.2) is 11.5 Å². The van der Waals surface area contributed by atoms with Crippen LogP contribution in [0, 0.1) is 0 Å². The number of rotatable bonds is 3. The van der Waals surface area contributed by atoms with Crippen molar-refractivity contribution < 1.29 is 9.53 Å². The molecule has 0 amide bonds. The average Bonchev–Trinajstić information content (AvgIpc) is 1.58. The van der Waals surface area contributed by atoms with Crippen molar-refractivity contribution in [3.63, 3.8) is 0 Å². The van der Waals surface area contributed by atoms with E-state index in [0.717, 1.165) is 5.57 Å². The molecule has 0 aliphatic heterocycles. The van der Waals surface area contributed by atoms with E-state index in [9.17, 15) is 4.79 Å². The Balaban J connectivity index is 3.53. The molecule has 0 aliphatic carbocycles. The lowest BCUT2D eigenvalue weighted by Crippen LogP contribution is -2.09. The standard InChI is InChI=1S/C7H11ClO2/c1-5(2)4-7(8)10-6(3)9/h7H,1,4H2,2-3H3. The van der Waals surface area contributed by atoms with Crippen LogP contribution in [0.25, 0.3) is 0 Å². The zero-order chi connectivity index (χ0) is 8.15. The van der Waals surface area contributed by atoms with Crippen molar-refractivity contribution in [2.75, 3.05) is 0 Å². The van der Waals surface area contributed by atoms with Crippen LogP contribution in [0.2, 0.25) is 0 Å². The number of esters is 1. The lowest BCUT2D eigenvalue weighted by atomic mass is 10.3. The largest absolute Gasteiger partial charge is 0.446 e. The molecule has 58 valence electrons. The summed E-state index contributed by atoms with van der Waals surface area (Å²) in [6.45, 7) is 6.79. The van der Waals surface area contributed by atoms with E-state index in [0.29, 0.717) is 6.42 Å². The zero-order valence-electron chi connectivity index (χ0n) is 6.19. The topological polar surface area (TPSA) is 26.3 Å². The van der Waals surface area contributed by atoms with E-state index >= 15 is 0 Å². The lowest BCUT2D eigenvalue weighted by molar-refractivity contribution is -0.142. The summed E-state index contributed by atoms with van der Waals surface area (Å²) in [4.78, 5) is 10.3. The Labute approximate surface area is 65.8 Å². The Morgan fingerprint density at radius 3 is 2.50 bits per heavy atom. The highest BCUT2D eigenvalue weighted by atomic mass is 35.5. The average molecular weight is 163 g/mol. The Bertz CT molecular complexity index is 127. The molecular formula is C7H11ClO2. The van der Waals surface area contributed by atoms with Crippen molar-refractivity contribution in [1.29, 1.82) is 0 Å². The number of hydrogen-bond donors (Lipinski definition) is 0. The molecular weight excluding hydrogens is 152 g/mol. The summed E-state index contributed by atoms with van der Waals surface area (Å²) in [6, 6.07) is 0. The van der Waals surface area contributed by atoms with Gasteiger partial charge in [-0.1, -0.05) is 23.8 Å². The number of halogens is 1. The number of ether oxygens (including phenoxy) is 1. The Hall–Kier alpha value is -0.500. The minimum Gasteiger partial charge on any atom is -0.446 e. The number of alkyl halides is 1. The Kier molecular flexibility index (Phi) is 4.12. The van der Waals surface area contributed by atoms with Gasteiger partial charge in [-0.15, -0.1) is 0 Å². The molecule has 0 aliphatic rings. The lowest BCUT2D eigenvalue weighted by Gasteiger charge is -2.07. The monoisotopic (exact) mass is 162 g/mol. The molecule has 0 radical (unpaired) electrons. The maximum Gasteiger partial charge on any atom is 0.304 e. The van der Waals surface area contributed by atoms with Gasteiger partial charge in [-0.05, 0) is 6.92 Å². The summed E-state index contributed by atoms with van der Waals surface area (Å²) < 4.78 is 4.63. The van der Waals surface area contributed by atoms with Gasteiger partial charge in [0.25, 0.3) is 0 Å². The maximum absolute atomic E-state index is 10.3. The van der Waals surface area contributed by atoms with Gasteiger partial charge >= 0.3 is 5.97 Å². The van der Waals surface area contributed by atoms with Gasteiger partial charge in [-0.2, -0.15) is 0 Å². The second-order valence-corrected chi connectivity index (χ2v) is 2.67. The molecule has 1 unspecified atom stereocenters. The normalized spacial score (nSPS) is 12.3. The second kappa shape index (κ2) is 4.34. The summed E-state index contributed by atoms with van der Waals surface area (Å²) >= 11 is 5.57. The van der Waals surface area contributed by atoms with Crippen molar-refractivity contribution in [1.82, 2.24) is 0 Å². The molecule has 10 heavy (non-hydrogen) atoms. The van der Waals surface area contributed by atoms with Gasteiger partial charge in [0.15, 0.2) is 5.56 Å². The van der Waals surface area contributed by atoms with Gasteiger partial charge in [-0.3, -0.25) is 4.79 Å². The summed E-state index contributed by atoms with van der Waals surface area (Å²) in [7, 11) is 0. The van der Waals surface area contributed by atoms with Crippen molar-refractivity contribution in [2.24, 2.45) is 0 Å². The van der Waals surface area contributed by atoms with Crippen LogP contribution in [-0.2, 0) is 9.53 Å². The Morgan fingerprint density at radius 1 is 1.70 bits per heavy atom. The fraction of sp³-hybridized carbons (Fsp3) is 0.571. The highest BCUT2D eigenvalue weighted by Crippen LogP contribution is 2.09. The second-order valence-electron chi connectivity index (χ2n) is 2.18. The molecule has 0 spiro atoms. The molecule has 0 aromatic carbocycles. The summed E-state index contributed by atoms with van der Waals surface area (Å²) in [6.07, 6.45) is 0.515. The minimum absolute atomic E-state index is 0.360. The molecule has 0 bridgehead atoms. The molecule has 0 aromatic rings. The molecule has 0 fully saturated rings. The predicted molar refractivity (Wildman–Crippen MR) is 40.8 cm³/mol. The van der Waals surface area contributed by atoms with E-state index in [1.807, 2.05) is 6.92 Å². The third-order valence-corrected chi connectivity index (χ3v) is 1.05. The van der Waals surface area contributed by atoms with Gasteiger partial charge in [0.2, 0.25) is 0 Å². The van der Waals surface area contributed by atoms with Gasteiger partial charge in [0.1, 0.15) is 0 Å². The molecule has 1 atom stereocenters. The SMILES string of the molecule is C=C(C)CC(Cl)OC(C)=O. The number of carbonyl (C=O) groups is 1. The molecule has 0 aromatic heterocycles. The molecule has 0 saturated carbocycles. The van der Waals surface area contributed by atoms with E-state index in [2.05, 4.69) is 11.3 Å². The quantitative estimate of drug-likeness (QED) is 0.361. The zero-order valence-corrected chi connectivity index (χ0v) is 6.94. The third kappa shape index (κ3) is 5.63. The van der Waals surface area contributed by atoms with Crippen LogP contribution < -0.4 is 0 Å². The maximum atomic E-state index is 10.3. The molecule has 0 N–H and O–H groups in total. The first-order valence-electron chi connectivity index (χ1n) is 2.98. The van der Waals surface area contributed by atoms with E-state index in [1.54, 1.807) is 0 Å². The van der Waals surface area contributed by atoms with Gasteiger partial charge < -0.3 is 4.74 Å². The summed E-state index contributed by atoms with van der Waals surface area (Å²) in [5.41, 5.74) is 0.344. The summed E-state index contributed by atoms with van der Waals surface area (Å²) in [5, 5.41) is 0. The van der Waals surface area contributed by atoms with Gasteiger partial charge in [0, 0.05) is 13.3 Å². The van der Waals surface area contributed by atoms with Crippen LogP contribution in [0.1, 0.15) is 20.3 Å². The first-order valence-corrected chi connectivity index (χ1v) is 3.41.